The van der Waals surface area contributed by atoms with E-state index in [1.807, 2.05) is 0 Å². The Morgan fingerprint density at radius 1 is 0.577 bits per heavy atom. The smallest absolute Gasteiger partial charge is 0.0352 e. The lowest BCUT2D eigenvalue weighted by molar-refractivity contribution is 0.159. The summed E-state index contributed by atoms with van der Waals surface area (Å²) in [6.07, 6.45) is 18.4. The molecule has 152 valence electrons. The van der Waals surface area contributed by atoms with Crippen LogP contribution in [-0.2, 0) is 0 Å². The van der Waals surface area contributed by atoms with E-state index in [2.05, 4.69) is 41.5 Å². The zero-order valence-corrected chi connectivity index (χ0v) is 18.9. The Morgan fingerprint density at radius 2 is 1.08 bits per heavy atom. The summed E-state index contributed by atoms with van der Waals surface area (Å²) < 4.78 is 0. The van der Waals surface area contributed by atoms with Crippen LogP contribution in [0.2, 0.25) is 0 Å². The van der Waals surface area contributed by atoms with E-state index in [1.165, 1.54) is 32.1 Å². The summed E-state index contributed by atoms with van der Waals surface area (Å²) in [6, 6.07) is 0. The number of hydrogen-bond donors (Lipinski definition) is 0. The van der Waals surface area contributed by atoms with Crippen molar-refractivity contribution in [3.8, 4) is 0 Å². The molecule has 0 amide bonds. The third-order valence-corrected chi connectivity index (χ3v) is 8.00. The first-order valence-electron chi connectivity index (χ1n) is 12.1. The standard InChI is InChI=1S/2C13H24/c1-13(2,3)9-12-7-10-4-5-11(6-10)8-12;1-13(2,3)9-12-10-5-4-6-11(12)8-7-10/h2*10-12H,4-9H2,1-3H3. The SMILES string of the molecule is CC(C)(C)CC1C2CCCC1CC2.CC(C)(C)CC1CC2CCC(C2)C1. The van der Waals surface area contributed by atoms with E-state index in [9.17, 15) is 0 Å². The molecule has 4 aliphatic rings. The molecule has 0 nitrogen and oxygen atoms in total. The number of rotatable bonds is 2. The van der Waals surface area contributed by atoms with Crippen molar-refractivity contribution in [1.29, 1.82) is 0 Å². The topological polar surface area (TPSA) is 0 Å². The van der Waals surface area contributed by atoms with E-state index in [1.54, 1.807) is 44.9 Å². The summed E-state index contributed by atoms with van der Waals surface area (Å²) in [5, 5.41) is 0. The van der Waals surface area contributed by atoms with E-state index < -0.39 is 0 Å². The van der Waals surface area contributed by atoms with Crippen LogP contribution in [0.3, 0.4) is 0 Å². The fourth-order valence-corrected chi connectivity index (χ4v) is 7.32. The molecule has 0 aliphatic heterocycles. The second-order valence-corrected chi connectivity index (χ2v) is 13.1. The van der Waals surface area contributed by atoms with Crippen LogP contribution < -0.4 is 0 Å². The van der Waals surface area contributed by atoms with Crippen molar-refractivity contribution in [3.05, 3.63) is 0 Å². The second kappa shape index (κ2) is 8.16. The van der Waals surface area contributed by atoms with Gasteiger partial charge in [0.25, 0.3) is 0 Å². The van der Waals surface area contributed by atoms with Crippen molar-refractivity contribution in [2.24, 2.45) is 46.3 Å². The van der Waals surface area contributed by atoms with Crippen molar-refractivity contribution >= 4 is 0 Å². The first-order valence-corrected chi connectivity index (χ1v) is 12.1. The summed E-state index contributed by atoms with van der Waals surface area (Å²) in [4.78, 5) is 0. The highest BCUT2D eigenvalue weighted by Gasteiger charge is 2.40. The molecule has 4 fully saturated rings. The summed E-state index contributed by atoms with van der Waals surface area (Å²) in [6.45, 7) is 14.4. The van der Waals surface area contributed by atoms with Gasteiger partial charge in [-0.25, -0.2) is 0 Å². The van der Waals surface area contributed by atoms with Crippen LogP contribution in [0.4, 0.5) is 0 Å². The second-order valence-electron chi connectivity index (χ2n) is 13.1. The Hall–Kier alpha value is 0. The highest BCUT2D eigenvalue weighted by atomic mass is 14.5. The third kappa shape index (κ3) is 6.00. The van der Waals surface area contributed by atoms with Crippen LogP contribution in [0.5, 0.6) is 0 Å². The molecule has 0 heteroatoms. The molecule has 26 heavy (non-hydrogen) atoms. The predicted octanol–water partition coefficient (Wildman–Crippen LogP) is 8.50. The Balaban J connectivity index is 0.000000151. The van der Waals surface area contributed by atoms with E-state index in [-0.39, 0.29) is 0 Å². The van der Waals surface area contributed by atoms with Crippen molar-refractivity contribution in [3.63, 3.8) is 0 Å². The zero-order valence-electron chi connectivity index (χ0n) is 18.9. The molecule has 0 heterocycles. The van der Waals surface area contributed by atoms with Crippen molar-refractivity contribution < 1.29 is 0 Å². The van der Waals surface area contributed by atoms with Gasteiger partial charge >= 0.3 is 0 Å². The lowest BCUT2D eigenvalue weighted by atomic mass is 9.71. The average Bonchev–Trinajstić information content (AvgIpc) is 2.91. The van der Waals surface area contributed by atoms with Gasteiger partial charge in [-0.1, -0.05) is 73.6 Å². The van der Waals surface area contributed by atoms with E-state index in [4.69, 9.17) is 0 Å². The molecule has 4 rings (SSSR count). The van der Waals surface area contributed by atoms with E-state index in [0.29, 0.717) is 10.8 Å². The van der Waals surface area contributed by atoms with E-state index >= 15 is 0 Å². The van der Waals surface area contributed by atoms with Gasteiger partial charge in [0.2, 0.25) is 0 Å². The van der Waals surface area contributed by atoms with E-state index in [0.717, 1.165) is 35.5 Å². The van der Waals surface area contributed by atoms with Crippen molar-refractivity contribution in [2.45, 2.75) is 119 Å². The minimum absolute atomic E-state index is 0.557. The molecular weight excluding hydrogens is 312 g/mol. The van der Waals surface area contributed by atoms with Crippen LogP contribution >= 0.6 is 0 Å². The number of fused-ring (bicyclic) bond motifs is 4. The minimum atomic E-state index is 0.557. The van der Waals surface area contributed by atoms with Gasteiger partial charge in [-0.2, -0.15) is 0 Å². The molecule has 0 aromatic rings. The summed E-state index contributed by atoms with van der Waals surface area (Å²) in [7, 11) is 0. The molecule has 0 spiro atoms. The van der Waals surface area contributed by atoms with Gasteiger partial charge < -0.3 is 0 Å². The maximum Gasteiger partial charge on any atom is -0.0352 e. The van der Waals surface area contributed by atoms with Crippen LogP contribution in [0, 0.1) is 46.3 Å². The molecule has 4 saturated carbocycles. The highest BCUT2D eigenvalue weighted by Crippen LogP contribution is 2.51. The van der Waals surface area contributed by atoms with Gasteiger partial charge in [0, 0.05) is 0 Å². The maximum atomic E-state index is 2.40. The molecule has 4 unspecified atom stereocenters. The van der Waals surface area contributed by atoms with Crippen molar-refractivity contribution in [2.75, 3.05) is 0 Å². The Labute approximate surface area is 165 Å². The summed E-state index contributed by atoms with van der Waals surface area (Å²) in [5.74, 6) is 6.60. The van der Waals surface area contributed by atoms with Crippen LogP contribution in [0.1, 0.15) is 119 Å². The normalized spacial score (nSPS) is 39.5. The largest absolute Gasteiger partial charge is 0.0602 e. The van der Waals surface area contributed by atoms with Crippen molar-refractivity contribution in [1.82, 2.24) is 0 Å². The minimum Gasteiger partial charge on any atom is -0.0602 e. The maximum absolute atomic E-state index is 2.40. The molecule has 4 bridgehead atoms. The van der Waals surface area contributed by atoms with Gasteiger partial charge in [0.1, 0.15) is 0 Å². The average molecular weight is 361 g/mol. The van der Waals surface area contributed by atoms with Crippen LogP contribution in [0.25, 0.3) is 0 Å². The first kappa shape index (κ1) is 20.7. The molecule has 0 N–H and O–H groups in total. The quantitative estimate of drug-likeness (QED) is 0.463. The van der Waals surface area contributed by atoms with Crippen LogP contribution in [0.15, 0.2) is 0 Å². The van der Waals surface area contributed by atoms with Gasteiger partial charge in [-0.05, 0) is 91.3 Å². The summed E-state index contributed by atoms with van der Waals surface area (Å²) in [5.41, 5.74) is 1.12. The van der Waals surface area contributed by atoms with Crippen LogP contribution in [-0.4, -0.2) is 0 Å². The summed E-state index contributed by atoms with van der Waals surface area (Å²) >= 11 is 0. The zero-order chi connectivity index (χ0) is 18.9. The number of hydrogen-bond acceptors (Lipinski definition) is 0. The fourth-order valence-electron chi connectivity index (χ4n) is 7.32. The van der Waals surface area contributed by atoms with Gasteiger partial charge in [-0.3, -0.25) is 0 Å². The Morgan fingerprint density at radius 3 is 1.54 bits per heavy atom. The monoisotopic (exact) mass is 360 g/mol. The van der Waals surface area contributed by atoms with Gasteiger partial charge in [0.15, 0.2) is 0 Å². The first-order chi connectivity index (χ1) is 12.1. The Bertz CT molecular complexity index is 406. The lowest BCUT2D eigenvalue weighted by Gasteiger charge is -2.34. The Kier molecular flexibility index (Phi) is 6.51. The lowest BCUT2D eigenvalue weighted by Crippen LogP contribution is -2.25. The van der Waals surface area contributed by atoms with Gasteiger partial charge in [-0.15, -0.1) is 0 Å². The highest BCUT2D eigenvalue weighted by molar-refractivity contribution is 4.90. The third-order valence-electron chi connectivity index (χ3n) is 8.00. The molecule has 4 aliphatic carbocycles. The predicted molar refractivity (Wildman–Crippen MR) is 115 cm³/mol. The molecule has 4 atom stereocenters. The molecule has 0 saturated heterocycles. The van der Waals surface area contributed by atoms with Gasteiger partial charge in [0.05, 0.1) is 0 Å². The fraction of sp³-hybridized carbons (Fsp3) is 1.00. The molecule has 0 aromatic carbocycles. The molecular formula is C26H48. The molecule has 0 aromatic heterocycles. The molecule has 0 radical (unpaired) electrons.